The number of benzene rings is 3. The van der Waals surface area contributed by atoms with Crippen LogP contribution >= 0.6 is 0 Å². The molecule has 5 rings (SSSR count). The number of aliphatic hydroxyl groups is 1. The first-order valence-corrected chi connectivity index (χ1v) is 14.5. The van der Waals surface area contributed by atoms with Gasteiger partial charge in [0.05, 0.1) is 12.8 Å². The normalized spacial score (nSPS) is 18.2. The molecule has 2 saturated heterocycles. The minimum atomic E-state index is -0.692. The zero-order valence-electron chi connectivity index (χ0n) is 23.7. The number of rotatable bonds is 11. The fourth-order valence-corrected chi connectivity index (χ4v) is 6.41. The highest BCUT2D eigenvalue weighted by Gasteiger charge is 2.53. The predicted octanol–water partition coefficient (Wildman–Crippen LogP) is 3.49. The standard InChI is InChI=1S/C32H42FN5O2/c1-24-6-3-7-25-8-4-9-26(30(24)25)21-36-18-14-32(15-19-36)31(40)37(22-29(39)20-35-17-5-16-34-2)23-38(32)28-12-10-27(33)11-13-28/h3-4,6-13,29,34-35,39H,5,14-23H2,1-2H3. The maximum atomic E-state index is 14.0. The van der Waals surface area contributed by atoms with E-state index in [1.807, 2.05) is 7.05 Å². The first-order valence-electron chi connectivity index (χ1n) is 14.5. The maximum Gasteiger partial charge on any atom is 0.250 e. The highest BCUT2D eigenvalue weighted by molar-refractivity contribution is 5.93. The van der Waals surface area contributed by atoms with Crippen LogP contribution in [0.15, 0.2) is 60.7 Å². The molecule has 2 aliphatic heterocycles. The zero-order chi connectivity index (χ0) is 28.1. The Morgan fingerprint density at radius 3 is 2.48 bits per heavy atom. The third-order valence-electron chi connectivity index (χ3n) is 8.52. The molecule has 2 heterocycles. The van der Waals surface area contributed by atoms with Crippen LogP contribution in [-0.4, -0.2) is 85.4 Å². The Hall–Kier alpha value is -3.04. The number of nitrogens with zero attached hydrogens (tertiary/aromatic N) is 3. The van der Waals surface area contributed by atoms with Crippen molar-refractivity contribution in [3.8, 4) is 0 Å². The van der Waals surface area contributed by atoms with Gasteiger partial charge < -0.3 is 25.5 Å². The number of likely N-dealkylation sites (tertiary alicyclic amines) is 1. The molecule has 3 aromatic rings. The summed E-state index contributed by atoms with van der Waals surface area (Å²) in [7, 11) is 1.92. The second-order valence-electron chi connectivity index (χ2n) is 11.3. The van der Waals surface area contributed by atoms with Gasteiger partial charge in [-0.25, -0.2) is 4.39 Å². The molecule has 0 saturated carbocycles. The van der Waals surface area contributed by atoms with Gasteiger partial charge >= 0.3 is 0 Å². The van der Waals surface area contributed by atoms with Crippen LogP contribution in [-0.2, 0) is 11.3 Å². The molecule has 1 amide bonds. The molecule has 3 N–H and O–H groups in total. The van der Waals surface area contributed by atoms with Gasteiger partial charge in [-0.15, -0.1) is 0 Å². The van der Waals surface area contributed by atoms with Gasteiger partial charge in [0.25, 0.3) is 0 Å². The van der Waals surface area contributed by atoms with Gasteiger partial charge in [0.2, 0.25) is 5.91 Å². The first-order chi connectivity index (χ1) is 19.4. The van der Waals surface area contributed by atoms with Crippen LogP contribution in [0.4, 0.5) is 10.1 Å². The number of nitrogens with one attached hydrogen (secondary N) is 2. The second kappa shape index (κ2) is 12.6. The number of aliphatic hydroxyl groups excluding tert-OH is 1. The summed E-state index contributed by atoms with van der Waals surface area (Å²) >= 11 is 0. The quantitative estimate of drug-likeness (QED) is 0.320. The number of hydrogen-bond acceptors (Lipinski definition) is 6. The summed E-state index contributed by atoms with van der Waals surface area (Å²) in [5.74, 6) is -0.230. The van der Waals surface area contributed by atoms with E-state index in [9.17, 15) is 14.3 Å². The number of halogens is 1. The molecule has 0 aliphatic carbocycles. The summed E-state index contributed by atoms with van der Waals surface area (Å²) < 4.78 is 13.8. The van der Waals surface area contributed by atoms with E-state index in [0.717, 1.165) is 44.8 Å². The van der Waals surface area contributed by atoms with Crippen molar-refractivity contribution >= 4 is 22.4 Å². The van der Waals surface area contributed by atoms with Gasteiger partial charge in [-0.3, -0.25) is 9.69 Å². The van der Waals surface area contributed by atoms with Gasteiger partial charge in [0.1, 0.15) is 11.4 Å². The van der Waals surface area contributed by atoms with Crippen molar-refractivity contribution in [1.29, 1.82) is 0 Å². The SMILES string of the molecule is CNCCCNCC(O)CN1CN(c2ccc(F)cc2)C2(CCN(Cc3cccc4cccc(C)c34)CC2)C1=O. The lowest BCUT2D eigenvalue weighted by Crippen LogP contribution is -2.56. The van der Waals surface area contributed by atoms with Gasteiger partial charge in [-0.1, -0.05) is 36.4 Å². The Kier molecular flexibility index (Phi) is 9.00. The van der Waals surface area contributed by atoms with E-state index in [2.05, 4.69) is 63.8 Å². The Morgan fingerprint density at radius 2 is 1.75 bits per heavy atom. The van der Waals surface area contributed by atoms with Gasteiger partial charge in [-0.2, -0.15) is 0 Å². The summed E-state index contributed by atoms with van der Waals surface area (Å²) in [5, 5.41) is 19.7. The smallest absolute Gasteiger partial charge is 0.250 e. The molecule has 3 aromatic carbocycles. The van der Waals surface area contributed by atoms with E-state index in [4.69, 9.17) is 0 Å². The predicted molar refractivity (Wildman–Crippen MR) is 159 cm³/mol. The first kappa shape index (κ1) is 28.5. The largest absolute Gasteiger partial charge is 0.390 e. The average molecular weight is 548 g/mol. The lowest BCUT2D eigenvalue weighted by Gasteiger charge is -2.43. The van der Waals surface area contributed by atoms with Crippen LogP contribution in [0.5, 0.6) is 0 Å². The molecule has 2 aliphatic rings. The summed E-state index contributed by atoms with van der Waals surface area (Å²) in [4.78, 5) is 20.4. The highest BCUT2D eigenvalue weighted by Crippen LogP contribution is 2.40. The molecule has 8 heteroatoms. The van der Waals surface area contributed by atoms with Crippen LogP contribution in [0.3, 0.4) is 0 Å². The number of β-amino-alcohol motifs (C(OH)–C–C–N with tert-alkyl or cyclic N) is 1. The Morgan fingerprint density at radius 1 is 1.02 bits per heavy atom. The number of aryl methyl sites for hydroxylation is 1. The zero-order valence-corrected chi connectivity index (χ0v) is 23.7. The van der Waals surface area contributed by atoms with E-state index in [1.54, 1.807) is 17.0 Å². The molecule has 214 valence electrons. The fourth-order valence-electron chi connectivity index (χ4n) is 6.41. The monoisotopic (exact) mass is 547 g/mol. The third-order valence-corrected chi connectivity index (χ3v) is 8.52. The van der Waals surface area contributed by atoms with Crippen molar-refractivity contribution in [3.05, 3.63) is 77.6 Å². The molecule has 1 atom stereocenters. The Labute approximate surface area is 236 Å². The van der Waals surface area contributed by atoms with E-state index in [1.165, 1.54) is 34.0 Å². The molecule has 0 aromatic heterocycles. The van der Waals surface area contributed by atoms with Crippen molar-refractivity contribution in [1.82, 2.24) is 20.4 Å². The van der Waals surface area contributed by atoms with Crippen LogP contribution < -0.4 is 15.5 Å². The summed E-state index contributed by atoms with van der Waals surface area (Å²) in [6.07, 6.45) is 1.68. The number of hydrogen-bond donors (Lipinski definition) is 3. The van der Waals surface area contributed by atoms with Crippen LogP contribution in [0.1, 0.15) is 30.4 Å². The molecule has 2 fully saturated rings. The highest BCUT2D eigenvalue weighted by atomic mass is 19.1. The Bertz CT molecular complexity index is 1290. The number of amides is 1. The second-order valence-corrected chi connectivity index (χ2v) is 11.3. The molecule has 1 spiro atoms. The average Bonchev–Trinajstić information content (AvgIpc) is 3.21. The molecule has 40 heavy (non-hydrogen) atoms. The summed E-state index contributed by atoms with van der Waals surface area (Å²) in [6, 6.07) is 19.4. The Balaban J connectivity index is 1.30. The molecule has 0 bridgehead atoms. The summed E-state index contributed by atoms with van der Waals surface area (Å²) in [6.45, 7) is 7.41. The minimum Gasteiger partial charge on any atom is -0.390 e. The van der Waals surface area contributed by atoms with Crippen molar-refractivity contribution in [3.63, 3.8) is 0 Å². The number of carbonyl (C=O) groups excluding carboxylic acids is 1. The lowest BCUT2D eigenvalue weighted by molar-refractivity contribution is -0.134. The molecule has 0 radical (unpaired) electrons. The van der Waals surface area contributed by atoms with E-state index >= 15 is 0 Å². The van der Waals surface area contributed by atoms with Crippen molar-refractivity contribution < 1.29 is 14.3 Å². The number of carbonyl (C=O) groups is 1. The number of fused-ring (bicyclic) bond motifs is 1. The van der Waals surface area contributed by atoms with Gasteiger partial charge in [0.15, 0.2) is 0 Å². The lowest BCUT2D eigenvalue weighted by atomic mass is 9.85. The van der Waals surface area contributed by atoms with Gasteiger partial charge in [0, 0.05) is 38.4 Å². The van der Waals surface area contributed by atoms with Crippen LogP contribution in [0.25, 0.3) is 10.8 Å². The molecular formula is C32H42FN5O2. The minimum absolute atomic E-state index is 0.0618. The van der Waals surface area contributed by atoms with E-state index in [0.29, 0.717) is 26.1 Å². The number of piperidine rings is 1. The third kappa shape index (κ3) is 6.00. The molecule has 7 nitrogen and oxygen atoms in total. The maximum absolute atomic E-state index is 14.0. The van der Waals surface area contributed by atoms with Crippen LogP contribution in [0.2, 0.25) is 0 Å². The van der Waals surface area contributed by atoms with Crippen molar-refractivity contribution in [2.24, 2.45) is 0 Å². The fraction of sp³-hybridized carbons (Fsp3) is 0.469. The topological polar surface area (TPSA) is 71.1 Å². The van der Waals surface area contributed by atoms with E-state index in [-0.39, 0.29) is 18.3 Å². The van der Waals surface area contributed by atoms with E-state index < -0.39 is 11.6 Å². The number of anilines is 1. The summed E-state index contributed by atoms with van der Waals surface area (Å²) in [5.41, 5.74) is 2.74. The molecule has 1 unspecified atom stereocenters. The van der Waals surface area contributed by atoms with Crippen molar-refractivity contribution in [2.45, 2.75) is 44.4 Å². The molecular weight excluding hydrogens is 505 g/mol. The van der Waals surface area contributed by atoms with Crippen LogP contribution in [0, 0.1) is 12.7 Å². The van der Waals surface area contributed by atoms with Gasteiger partial charge in [-0.05, 0) is 92.5 Å². The van der Waals surface area contributed by atoms with Crippen molar-refractivity contribution in [2.75, 3.05) is 57.9 Å².